The van der Waals surface area contributed by atoms with Crippen molar-refractivity contribution >= 4 is 27.3 Å². The zero-order valence-corrected chi connectivity index (χ0v) is 13.3. The van der Waals surface area contributed by atoms with Crippen LogP contribution in [0.25, 0.3) is 0 Å². The predicted molar refractivity (Wildman–Crippen MR) is 78.1 cm³/mol. The van der Waals surface area contributed by atoms with Crippen molar-refractivity contribution in [2.45, 2.75) is 18.4 Å². The van der Waals surface area contributed by atoms with Crippen molar-refractivity contribution in [2.24, 2.45) is 0 Å². The third kappa shape index (κ3) is 4.21. The number of hydrazine groups is 1. The molecular formula is C12H11F2N3O4S2. The highest BCUT2D eigenvalue weighted by molar-refractivity contribution is 7.89. The van der Waals surface area contributed by atoms with Gasteiger partial charge >= 0.3 is 4.87 Å². The van der Waals surface area contributed by atoms with Crippen molar-refractivity contribution in [2.75, 3.05) is 0 Å². The van der Waals surface area contributed by atoms with Gasteiger partial charge in [-0.05, 0) is 19.1 Å². The van der Waals surface area contributed by atoms with E-state index in [1.807, 2.05) is 5.43 Å². The first-order valence-corrected chi connectivity index (χ1v) is 8.47. The minimum Gasteiger partial charge on any atom is -0.294 e. The average molecular weight is 363 g/mol. The van der Waals surface area contributed by atoms with Crippen LogP contribution in [0.2, 0.25) is 0 Å². The van der Waals surface area contributed by atoms with E-state index in [1.54, 1.807) is 17.1 Å². The van der Waals surface area contributed by atoms with Gasteiger partial charge in [0.15, 0.2) is 0 Å². The van der Waals surface area contributed by atoms with Crippen LogP contribution in [0.5, 0.6) is 0 Å². The molecule has 0 bridgehead atoms. The van der Waals surface area contributed by atoms with Crippen molar-refractivity contribution in [3.8, 4) is 0 Å². The summed E-state index contributed by atoms with van der Waals surface area (Å²) >= 11 is 0.902. The van der Waals surface area contributed by atoms with Crippen LogP contribution < -0.4 is 15.1 Å². The minimum absolute atomic E-state index is 0.368. The maximum absolute atomic E-state index is 13.0. The van der Waals surface area contributed by atoms with Gasteiger partial charge in [-0.25, -0.2) is 17.2 Å². The quantitative estimate of drug-likeness (QED) is 0.756. The SMILES string of the molecule is Cc1csc(=O)n1CC(=O)NNS(=O)(=O)c1cc(F)cc(F)c1. The first kappa shape index (κ1) is 17.2. The third-order valence-electron chi connectivity index (χ3n) is 2.75. The fourth-order valence-corrected chi connectivity index (χ4v) is 3.28. The summed E-state index contributed by atoms with van der Waals surface area (Å²) in [5.41, 5.74) is 2.42. The maximum Gasteiger partial charge on any atom is 0.307 e. The largest absolute Gasteiger partial charge is 0.307 e. The number of carbonyl (C=O) groups excluding carboxylic acids is 1. The summed E-state index contributed by atoms with van der Waals surface area (Å²) in [7, 11) is -4.35. The van der Waals surface area contributed by atoms with Gasteiger partial charge in [0.1, 0.15) is 18.2 Å². The van der Waals surface area contributed by atoms with E-state index >= 15 is 0 Å². The van der Waals surface area contributed by atoms with Gasteiger partial charge < -0.3 is 0 Å². The molecule has 7 nitrogen and oxygen atoms in total. The molecule has 0 aliphatic carbocycles. The molecule has 0 aliphatic rings. The number of aromatic nitrogens is 1. The first-order chi connectivity index (χ1) is 10.7. The lowest BCUT2D eigenvalue weighted by atomic mass is 10.3. The number of amides is 1. The van der Waals surface area contributed by atoms with Crippen molar-refractivity contribution in [3.05, 3.63) is 50.6 Å². The molecule has 1 aromatic carbocycles. The molecule has 0 aliphatic heterocycles. The molecule has 2 rings (SSSR count). The van der Waals surface area contributed by atoms with E-state index in [0.29, 0.717) is 23.9 Å². The van der Waals surface area contributed by atoms with E-state index in [1.165, 1.54) is 0 Å². The molecule has 1 heterocycles. The van der Waals surface area contributed by atoms with Crippen LogP contribution in [0.15, 0.2) is 33.3 Å². The Labute approximate surface area is 133 Å². The molecule has 0 unspecified atom stereocenters. The molecule has 1 amide bonds. The minimum atomic E-state index is -4.35. The summed E-state index contributed by atoms with van der Waals surface area (Å²) in [5.74, 6) is -2.96. The molecule has 0 radical (unpaired) electrons. The Morgan fingerprint density at radius 3 is 2.39 bits per heavy atom. The molecular weight excluding hydrogens is 352 g/mol. The highest BCUT2D eigenvalue weighted by Gasteiger charge is 2.18. The molecule has 0 saturated carbocycles. The van der Waals surface area contributed by atoms with Gasteiger partial charge in [-0.2, -0.15) is 0 Å². The Bertz CT molecular complexity index is 885. The van der Waals surface area contributed by atoms with E-state index in [0.717, 1.165) is 15.9 Å². The highest BCUT2D eigenvalue weighted by atomic mass is 32.2. The number of halogens is 2. The smallest absolute Gasteiger partial charge is 0.294 e. The number of aryl methyl sites for hydroxylation is 1. The summed E-state index contributed by atoms with van der Waals surface area (Å²) < 4.78 is 50.9. The molecule has 2 aromatic rings. The molecule has 124 valence electrons. The van der Waals surface area contributed by atoms with Crippen LogP contribution in [0.1, 0.15) is 5.69 Å². The fourth-order valence-electron chi connectivity index (χ4n) is 1.65. The Balaban J connectivity index is 2.07. The van der Waals surface area contributed by atoms with Gasteiger partial charge in [-0.1, -0.05) is 11.3 Å². The monoisotopic (exact) mass is 363 g/mol. The van der Waals surface area contributed by atoms with Crippen molar-refractivity contribution in [1.29, 1.82) is 0 Å². The second-order valence-corrected chi connectivity index (χ2v) is 6.99. The van der Waals surface area contributed by atoms with E-state index in [-0.39, 0.29) is 4.87 Å². The predicted octanol–water partition coefficient (Wildman–Crippen LogP) is 0.506. The van der Waals surface area contributed by atoms with Gasteiger partial charge in [0.25, 0.3) is 15.9 Å². The standard InChI is InChI=1S/C12H11F2N3O4S2/c1-7-6-22-12(19)17(7)5-11(18)15-16-23(20,21)10-3-8(13)2-9(14)4-10/h2-4,6,16H,5H2,1H3,(H,15,18). The highest BCUT2D eigenvalue weighted by Crippen LogP contribution is 2.12. The van der Waals surface area contributed by atoms with Gasteiger partial charge in [-0.15, -0.1) is 4.83 Å². The summed E-state index contributed by atoms with van der Waals surface area (Å²) in [6.45, 7) is 1.22. The number of hydrogen-bond acceptors (Lipinski definition) is 5. The molecule has 2 N–H and O–H groups in total. The maximum atomic E-state index is 13.0. The van der Waals surface area contributed by atoms with Gasteiger partial charge in [0, 0.05) is 17.1 Å². The fraction of sp³-hybridized carbons (Fsp3) is 0.167. The van der Waals surface area contributed by atoms with Crippen LogP contribution >= 0.6 is 11.3 Å². The van der Waals surface area contributed by atoms with Crippen molar-refractivity contribution in [1.82, 2.24) is 14.8 Å². The van der Waals surface area contributed by atoms with Crippen LogP contribution in [0, 0.1) is 18.6 Å². The topological polar surface area (TPSA) is 97.3 Å². The third-order valence-corrected chi connectivity index (χ3v) is 4.86. The number of nitrogens with one attached hydrogen (secondary N) is 2. The summed E-state index contributed by atoms with van der Waals surface area (Å²) in [6, 6.07) is 1.72. The van der Waals surface area contributed by atoms with Crippen molar-refractivity contribution < 1.29 is 22.0 Å². The lowest BCUT2D eigenvalue weighted by Crippen LogP contribution is -2.43. The normalized spacial score (nSPS) is 11.4. The van der Waals surface area contributed by atoms with Crippen LogP contribution in [0.3, 0.4) is 0 Å². The second kappa shape index (κ2) is 6.56. The lowest BCUT2D eigenvalue weighted by Gasteiger charge is -2.09. The summed E-state index contributed by atoms with van der Waals surface area (Å²) in [5, 5.41) is 1.55. The van der Waals surface area contributed by atoms with E-state index in [9.17, 15) is 26.8 Å². The van der Waals surface area contributed by atoms with Crippen LogP contribution in [-0.2, 0) is 21.4 Å². The van der Waals surface area contributed by atoms with E-state index < -0.39 is 39.0 Å². The number of benzene rings is 1. The molecule has 23 heavy (non-hydrogen) atoms. The zero-order chi connectivity index (χ0) is 17.2. The van der Waals surface area contributed by atoms with Gasteiger partial charge in [-0.3, -0.25) is 19.6 Å². The van der Waals surface area contributed by atoms with Crippen LogP contribution in [0.4, 0.5) is 8.78 Å². The Hall–Kier alpha value is -2.11. The Morgan fingerprint density at radius 2 is 1.87 bits per heavy atom. The Morgan fingerprint density at radius 1 is 1.26 bits per heavy atom. The molecule has 0 saturated heterocycles. The lowest BCUT2D eigenvalue weighted by molar-refractivity contribution is -0.122. The number of carbonyl (C=O) groups is 1. The van der Waals surface area contributed by atoms with E-state index in [2.05, 4.69) is 0 Å². The molecule has 11 heteroatoms. The number of hydrogen-bond donors (Lipinski definition) is 2. The second-order valence-electron chi connectivity index (χ2n) is 4.49. The van der Waals surface area contributed by atoms with Crippen LogP contribution in [-0.4, -0.2) is 18.9 Å². The van der Waals surface area contributed by atoms with Crippen molar-refractivity contribution in [3.63, 3.8) is 0 Å². The summed E-state index contributed by atoms with van der Waals surface area (Å²) in [6.07, 6.45) is 0. The van der Waals surface area contributed by atoms with Gasteiger partial charge in [0.05, 0.1) is 4.90 Å². The first-order valence-electron chi connectivity index (χ1n) is 6.11. The zero-order valence-electron chi connectivity index (χ0n) is 11.7. The number of nitrogens with zero attached hydrogens (tertiary/aromatic N) is 1. The molecule has 0 spiro atoms. The number of thiazole rings is 1. The summed E-state index contributed by atoms with van der Waals surface area (Å²) in [4.78, 5) is 23.8. The number of sulfonamides is 1. The average Bonchev–Trinajstić information content (AvgIpc) is 2.76. The van der Waals surface area contributed by atoms with Gasteiger partial charge in [0.2, 0.25) is 0 Å². The Kier molecular flexibility index (Phi) is 4.92. The molecule has 1 aromatic heterocycles. The molecule has 0 fully saturated rings. The molecule has 0 atom stereocenters. The van der Waals surface area contributed by atoms with E-state index in [4.69, 9.17) is 0 Å². The number of rotatable bonds is 5.